The van der Waals surface area contributed by atoms with Gasteiger partial charge in [0.2, 0.25) is 0 Å². The zero-order valence-corrected chi connectivity index (χ0v) is 9.58. The summed E-state index contributed by atoms with van der Waals surface area (Å²) in [6.45, 7) is 0. The van der Waals surface area contributed by atoms with Crippen LogP contribution in [0.3, 0.4) is 0 Å². The summed E-state index contributed by atoms with van der Waals surface area (Å²) in [5.41, 5.74) is 0.996. The van der Waals surface area contributed by atoms with Gasteiger partial charge in [-0.25, -0.2) is 4.79 Å². The average Bonchev–Trinajstić information content (AvgIpc) is 2.91. The average molecular weight is 237 g/mol. The molecule has 18 heavy (non-hydrogen) atoms. The van der Waals surface area contributed by atoms with Crippen LogP contribution in [0.2, 0.25) is 0 Å². The summed E-state index contributed by atoms with van der Waals surface area (Å²) in [6, 6.07) is 15.1. The van der Waals surface area contributed by atoms with Crippen LogP contribution in [0.25, 0.3) is 16.5 Å². The number of aromatic nitrogens is 1. The van der Waals surface area contributed by atoms with Crippen LogP contribution in [-0.2, 0) is 0 Å². The molecule has 0 aliphatic carbocycles. The third-order valence-electron chi connectivity index (χ3n) is 2.98. The van der Waals surface area contributed by atoms with Crippen molar-refractivity contribution >= 4 is 16.7 Å². The van der Waals surface area contributed by atoms with Crippen molar-refractivity contribution in [1.29, 1.82) is 0 Å². The van der Waals surface area contributed by atoms with Crippen molar-refractivity contribution in [3.8, 4) is 5.69 Å². The van der Waals surface area contributed by atoms with Crippen molar-refractivity contribution in [2.45, 2.75) is 0 Å². The van der Waals surface area contributed by atoms with Crippen LogP contribution < -0.4 is 0 Å². The van der Waals surface area contributed by atoms with E-state index < -0.39 is 5.97 Å². The van der Waals surface area contributed by atoms with Gasteiger partial charge in [-0.1, -0.05) is 24.3 Å². The predicted molar refractivity (Wildman–Crippen MR) is 70.2 cm³/mol. The Morgan fingerprint density at radius 2 is 1.56 bits per heavy atom. The lowest BCUT2D eigenvalue weighted by Crippen LogP contribution is -2.04. The second-order valence-corrected chi connectivity index (χ2v) is 4.11. The highest BCUT2D eigenvalue weighted by Crippen LogP contribution is 2.23. The molecule has 3 heteroatoms. The number of rotatable bonds is 2. The molecule has 1 N–H and O–H groups in total. The Labute approximate surface area is 104 Å². The molecular weight excluding hydrogens is 226 g/mol. The highest BCUT2D eigenvalue weighted by molar-refractivity contribution is 5.98. The van der Waals surface area contributed by atoms with E-state index >= 15 is 0 Å². The molecule has 0 unspecified atom stereocenters. The second-order valence-electron chi connectivity index (χ2n) is 4.11. The Balaban J connectivity index is 2.34. The lowest BCUT2D eigenvalue weighted by molar-refractivity contribution is 0.0697. The van der Waals surface area contributed by atoms with Gasteiger partial charge in [0, 0.05) is 12.4 Å². The highest BCUT2D eigenvalue weighted by Gasteiger charge is 2.12. The first kappa shape index (κ1) is 10.6. The number of aromatic carboxylic acids is 1. The Bertz CT molecular complexity index is 714. The smallest absolute Gasteiger partial charge is 0.337 e. The van der Waals surface area contributed by atoms with E-state index in [4.69, 9.17) is 0 Å². The summed E-state index contributed by atoms with van der Waals surface area (Å²) in [5, 5.41) is 11.3. The number of benzene rings is 2. The molecule has 88 valence electrons. The molecule has 0 bridgehead atoms. The molecule has 2 aromatic carbocycles. The number of hydrogen-bond acceptors (Lipinski definition) is 1. The number of fused-ring (bicyclic) bond motifs is 1. The van der Waals surface area contributed by atoms with Crippen LogP contribution in [0.1, 0.15) is 10.4 Å². The van der Waals surface area contributed by atoms with E-state index in [0.29, 0.717) is 11.3 Å². The molecular formula is C15H11NO2. The van der Waals surface area contributed by atoms with Gasteiger partial charge >= 0.3 is 5.97 Å². The first-order valence-electron chi connectivity index (χ1n) is 5.65. The quantitative estimate of drug-likeness (QED) is 0.742. The number of carboxylic acid groups (broad SMARTS) is 1. The molecule has 3 aromatic rings. The molecule has 1 heterocycles. The van der Waals surface area contributed by atoms with Crippen molar-refractivity contribution in [3.63, 3.8) is 0 Å². The van der Waals surface area contributed by atoms with E-state index in [-0.39, 0.29) is 0 Å². The number of carboxylic acids is 1. The lowest BCUT2D eigenvalue weighted by atomic mass is 10.0. The van der Waals surface area contributed by atoms with E-state index in [1.807, 2.05) is 59.4 Å². The number of carbonyl (C=O) groups is 1. The van der Waals surface area contributed by atoms with Crippen molar-refractivity contribution in [1.82, 2.24) is 4.57 Å². The molecule has 0 atom stereocenters. The molecule has 0 fully saturated rings. The normalized spacial score (nSPS) is 10.7. The fraction of sp³-hybridized carbons (Fsp3) is 0. The highest BCUT2D eigenvalue weighted by atomic mass is 16.4. The third-order valence-corrected chi connectivity index (χ3v) is 2.98. The van der Waals surface area contributed by atoms with Crippen molar-refractivity contribution in [3.05, 3.63) is 66.5 Å². The molecule has 3 rings (SSSR count). The minimum Gasteiger partial charge on any atom is -0.478 e. The van der Waals surface area contributed by atoms with E-state index in [1.54, 1.807) is 6.07 Å². The number of hydrogen-bond donors (Lipinski definition) is 1. The summed E-state index contributed by atoms with van der Waals surface area (Å²) in [6.07, 6.45) is 3.69. The molecule has 0 radical (unpaired) electrons. The SMILES string of the molecule is O=C(O)c1cc2ccccc2cc1-n1cccc1. The largest absolute Gasteiger partial charge is 0.478 e. The Morgan fingerprint density at radius 3 is 2.17 bits per heavy atom. The minimum absolute atomic E-state index is 0.310. The minimum atomic E-state index is -0.913. The van der Waals surface area contributed by atoms with Gasteiger partial charge in [0.05, 0.1) is 11.3 Å². The van der Waals surface area contributed by atoms with Crippen LogP contribution >= 0.6 is 0 Å². The van der Waals surface area contributed by atoms with E-state index in [9.17, 15) is 9.90 Å². The predicted octanol–water partition coefficient (Wildman–Crippen LogP) is 3.33. The molecule has 1 aromatic heterocycles. The summed E-state index contributed by atoms with van der Waals surface area (Å²) >= 11 is 0. The zero-order valence-electron chi connectivity index (χ0n) is 9.58. The van der Waals surface area contributed by atoms with Gasteiger partial charge in [-0.3, -0.25) is 0 Å². The maximum Gasteiger partial charge on any atom is 0.337 e. The van der Waals surface area contributed by atoms with Gasteiger partial charge in [-0.05, 0) is 35.0 Å². The summed E-state index contributed by atoms with van der Waals surface area (Å²) in [4.78, 5) is 11.3. The van der Waals surface area contributed by atoms with Crippen LogP contribution in [-0.4, -0.2) is 15.6 Å². The van der Waals surface area contributed by atoms with Crippen LogP contribution in [0, 0.1) is 0 Å². The molecule has 0 saturated carbocycles. The monoisotopic (exact) mass is 237 g/mol. The van der Waals surface area contributed by atoms with Gasteiger partial charge in [0.1, 0.15) is 0 Å². The van der Waals surface area contributed by atoms with Crippen LogP contribution in [0.4, 0.5) is 0 Å². The fourth-order valence-corrected chi connectivity index (χ4v) is 2.11. The van der Waals surface area contributed by atoms with Crippen molar-refractivity contribution in [2.24, 2.45) is 0 Å². The van der Waals surface area contributed by atoms with E-state index in [0.717, 1.165) is 10.8 Å². The van der Waals surface area contributed by atoms with Gasteiger partial charge < -0.3 is 9.67 Å². The topological polar surface area (TPSA) is 42.2 Å². The first-order chi connectivity index (χ1) is 8.75. The number of nitrogens with zero attached hydrogens (tertiary/aromatic N) is 1. The summed E-state index contributed by atoms with van der Waals surface area (Å²) in [5.74, 6) is -0.913. The summed E-state index contributed by atoms with van der Waals surface area (Å²) < 4.78 is 1.82. The maximum atomic E-state index is 11.3. The molecule has 3 nitrogen and oxygen atoms in total. The fourth-order valence-electron chi connectivity index (χ4n) is 2.11. The third kappa shape index (κ3) is 1.66. The van der Waals surface area contributed by atoms with Gasteiger partial charge in [0.25, 0.3) is 0 Å². The first-order valence-corrected chi connectivity index (χ1v) is 5.65. The van der Waals surface area contributed by atoms with E-state index in [2.05, 4.69) is 0 Å². The standard InChI is InChI=1S/C15H11NO2/c17-15(18)13-9-11-5-1-2-6-12(11)10-14(13)16-7-3-4-8-16/h1-10H,(H,17,18). The lowest BCUT2D eigenvalue weighted by Gasteiger charge is -2.09. The molecule has 0 spiro atoms. The van der Waals surface area contributed by atoms with Crippen molar-refractivity contribution < 1.29 is 9.90 Å². The van der Waals surface area contributed by atoms with Gasteiger partial charge in [-0.2, -0.15) is 0 Å². The molecule has 0 aliphatic rings. The van der Waals surface area contributed by atoms with Gasteiger partial charge in [0.15, 0.2) is 0 Å². The Morgan fingerprint density at radius 1 is 0.944 bits per heavy atom. The summed E-state index contributed by atoms with van der Waals surface area (Å²) in [7, 11) is 0. The molecule has 0 saturated heterocycles. The van der Waals surface area contributed by atoms with Gasteiger partial charge in [-0.15, -0.1) is 0 Å². The maximum absolute atomic E-state index is 11.3. The zero-order chi connectivity index (χ0) is 12.5. The van der Waals surface area contributed by atoms with Crippen LogP contribution in [0.15, 0.2) is 60.9 Å². The Kier molecular flexibility index (Phi) is 2.38. The van der Waals surface area contributed by atoms with Crippen LogP contribution in [0.5, 0.6) is 0 Å². The second kappa shape index (κ2) is 4.04. The molecule has 0 amide bonds. The van der Waals surface area contributed by atoms with Crippen molar-refractivity contribution in [2.75, 3.05) is 0 Å². The van der Waals surface area contributed by atoms with E-state index in [1.165, 1.54) is 0 Å². The Hall–Kier alpha value is -2.55. The molecule has 0 aliphatic heterocycles.